The van der Waals surface area contributed by atoms with Crippen LogP contribution in [0.1, 0.15) is 11.1 Å². The molecule has 0 aromatic heterocycles. The molecule has 0 bridgehead atoms. The molecule has 4 nitrogen and oxygen atoms in total. The molecule has 1 aliphatic rings. The van der Waals surface area contributed by atoms with Crippen molar-refractivity contribution in [2.24, 2.45) is 0 Å². The highest BCUT2D eigenvalue weighted by Crippen LogP contribution is 2.28. The average Bonchev–Trinajstić information content (AvgIpc) is 2.17. The van der Waals surface area contributed by atoms with Crippen LogP contribution in [0.15, 0.2) is 18.2 Å². The van der Waals surface area contributed by atoms with Gasteiger partial charge in [-0.3, -0.25) is 0 Å². The molecule has 0 spiro atoms. The average molecular weight is 245 g/mol. The molecule has 0 unspecified atom stereocenters. The Kier molecular flexibility index (Phi) is 2.86. The first-order chi connectivity index (χ1) is 7.46. The van der Waals surface area contributed by atoms with Gasteiger partial charge < -0.3 is 9.08 Å². The van der Waals surface area contributed by atoms with Crippen LogP contribution in [0, 0.1) is 0 Å². The molecule has 1 aromatic rings. The van der Waals surface area contributed by atoms with Crippen LogP contribution in [0.5, 0.6) is 5.75 Å². The Morgan fingerprint density at radius 1 is 1.44 bits per heavy atom. The van der Waals surface area contributed by atoms with Gasteiger partial charge in [-0.2, -0.15) is 8.42 Å². The molecule has 0 amide bonds. The van der Waals surface area contributed by atoms with Crippen LogP contribution in [0.2, 0.25) is 0 Å². The Labute approximate surface area is 94.1 Å². The fourth-order valence-electron chi connectivity index (χ4n) is 1.87. The lowest BCUT2D eigenvalue weighted by molar-refractivity contribution is 0.307. The van der Waals surface area contributed by atoms with Gasteiger partial charge in [0.25, 0.3) is 0 Å². The Bertz CT molecular complexity index is 501. The van der Waals surface area contributed by atoms with Crippen molar-refractivity contribution in [2.75, 3.05) is 13.6 Å². The van der Waals surface area contributed by atoms with Gasteiger partial charge >= 0.3 is 10.5 Å². The van der Waals surface area contributed by atoms with Crippen molar-refractivity contribution in [2.45, 2.75) is 13.0 Å². The summed E-state index contributed by atoms with van der Waals surface area (Å²) in [6.45, 7) is 1.47. The molecule has 0 N–H and O–H groups in total. The van der Waals surface area contributed by atoms with E-state index in [1.165, 1.54) is 6.07 Å². The summed E-state index contributed by atoms with van der Waals surface area (Å²) < 4.78 is 37.7. The Morgan fingerprint density at radius 2 is 2.19 bits per heavy atom. The highest BCUT2D eigenvalue weighted by molar-refractivity contribution is 7.81. The van der Waals surface area contributed by atoms with Crippen molar-refractivity contribution >= 4 is 10.5 Å². The van der Waals surface area contributed by atoms with E-state index in [0.29, 0.717) is 6.54 Å². The van der Waals surface area contributed by atoms with E-state index in [1.54, 1.807) is 6.07 Å². The molecule has 1 aromatic carbocycles. The van der Waals surface area contributed by atoms with Gasteiger partial charge in [0.15, 0.2) is 0 Å². The molecule has 0 fully saturated rings. The SMILES string of the molecule is CN1CCc2cccc(OS(=O)(=O)F)c2C1. The number of hydrogen-bond acceptors (Lipinski definition) is 4. The zero-order valence-electron chi connectivity index (χ0n) is 8.81. The van der Waals surface area contributed by atoms with Gasteiger partial charge in [0.1, 0.15) is 5.75 Å². The molecule has 0 saturated heterocycles. The fraction of sp³-hybridized carbons (Fsp3) is 0.400. The summed E-state index contributed by atoms with van der Waals surface area (Å²) in [5.41, 5.74) is 1.76. The molecule has 1 aliphatic heterocycles. The third kappa shape index (κ3) is 2.51. The number of rotatable bonds is 2. The number of halogens is 1. The normalized spacial score (nSPS) is 16.9. The first-order valence-corrected chi connectivity index (χ1v) is 6.20. The van der Waals surface area contributed by atoms with Gasteiger partial charge in [0.2, 0.25) is 0 Å². The summed E-state index contributed by atoms with van der Waals surface area (Å²) in [6.07, 6.45) is 0.815. The third-order valence-corrected chi connectivity index (χ3v) is 2.99. The van der Waals surface area contributed by atoms with Gasteiger partial charge in [0, 0.05) is 18.7 Å². The molecule has 0 saturated carbocycles. The van der Waals surface area contributed by atoms with Crippen molar-refractivity contribution in [1.82, 2.24) is 4.90 Å². The van der Waals surface area contributed by atoms with Gasteiger partial charge in [-0.1, -0.05) is 16.0 Å². The molecule has 88 valence electrons. The van der Waals surface area contributed by atoms with E-state index >= 15 is 0 Å². The van der Waals surface area contributed by atoms with E-state index in [9.17, 15) is 12.3 Å². The summed E-state index contributed by atoms with van der Waals surface area (Å²) in [6, 6.07) is 5.04. The van der Waals surface area contributed by atoms with Crippen molar-refractivity contribution in [3.63, 3.8) is 0 Å². The summed E-state index contributed by atoms with van der Waals surface area (Å²) in [4.78, 5) is 2.03. The van der Waals surface area contributed by atoms with Crippen LogP contribution >= 0.6 is 0 Å². The van der Waals surface area contributed by atoms with Crippen LogP contribution in [-0.2, 0) is 23.5 Å². The van der Waals surface area contributed by atoms with Gasteiger partial charge in [-0.15, -0.1) is 0 Å². The second-order valence-corrected chi connectivity index (χ2v) is 4.81. The molecule has 2 rings (SSSR count). The lowest BCUT2D eigenvalue weighted by atomic mass is 9.99. The lowest BCUT2D eigenvalue weighted by Crippen LogP contribution is -2.27. The number of likely N-dealkylation sites (N-methyl/N-ethyl adjacent to an activating group) is 1. The molecular formula is C10H12FNO3S. The fourth-order valence-corrected chi connectivity index (χ4v) is 2.24. The summed E-state index contributed by atoms with van der Waals surface area (Å²) in [5, 5.41) is 0. The topological polar surface area (TPSA) is 46.6 Å². The van der Waals surface area contributed by atoms with Gasteiger partial charge in [-0.05, 0) is 25.1 Å². The molecule has 0 aliphatic carbocycles. The third-order valence-electron chi connectivity index (χ3n) is 2.61. The molecule has 0 atom stereocenters. The number of benzene rings is 1. The minimum absolute atomic E-state index is 0.0894. The zero-order valence-corrected chi connectivity index (χ0v) is 9.63. The number of hydrogen-bond donors (Lipinski definition) is 0. The Hall–Kier alpha value is -1.14. The second kappa shape index (κ2) is 4.03. The van der Waals surface area contributed by atoms with E-state index in [0.717, 1.165) is 24.1 Å². The molecule has 0 radical (unpaired) electrons. The molecule has 16 heavy (non-hydrogen) atoms. The maximum absolute atomic E-state index is 12.5. The van der Waals surface area contributed by atoms with Gasteiger partial charge in [-0.25, -0.2) is 0 Å². The summed E-state index contributed by atoms with van der Waals surface area (Å²) in [5.74, 6) is 0.0894. The van der Waals surface area contributed by atoms with Crippen LogP contribution in [-0.4, -0.2) is 26.9 Å². The quantitative estimate of drug-likeness (QED) is 0.736. The minimum atomic E-state index is -4.95. The maximum atomic E-state index is 12.5. The van der Waals surface area contributed by atoms with E-state index in [1.807, 2.05) is 18.0 Å². The molecule has 6 heteroatoms. The van der Waals surface area contributed by atoms with E-state index < -0.39 is 10.5 Å². The van der Waals surface area contributed by atoms with Crippen molar-refractivity contribution < 1.29 is 16.5 Å². The van der Waals surface area contributed by atoms with Crippen molar-refractivity contribution in [1.29, 1.82) is 0 Å². The minimum Gasteiger partial charge on any atom is -0.358 e. The molecular weight excluding hydrogens is 233 g/mol. The smallest absolute Gasteiger partial charge is 0.358 e. The maximum Gasteiger partial charge on any atom is 0.488 e. The highest BCUT2D eigenvalue weighted by atomic mass is 32.3. The van der Waals surface area contributed by atoms with E-state index in [4.69, 9.17) is 0 Å². The predicted octanol–water partition coefficient (Wildman–Crippen LogP) is 1.27. The molecule has 1 heterocycles. The number of nitrogens with zero attached hydrogens (tertiary/aromatic N) is 1. The van der Waals surface area contributed by atoms with E-state index in [2.05, 4.69) is 4.18 Å². The summed E-state index contributed by atoms with van der Waals surface area (Å²) in [7, 11) is -3.03. The standard InChI is InChI=1S/C10H12FNO3S/c1-12-6-5-8-3-2-4-10(9(8)7-12)15-16(11,13)14/h2-4H,5-7H2,1H3. The Balaban J connectivity index is 2.39. The highest BCUT2D eigenvalue weighted by Gasteiger charge is 2.20. The number of fused-ring (bicyclic) bond motifs is 1. The van der Waals surface area contributed by atoms with Crippen LogP contribution in [0.3, 0.4) is 0 Å². The first kappa shape index (κ1) is 11.3. The largest absolute Gasteiger partial charge is 0.488 e. The summed E-state index contributed by atoms with van der Waals surface area (Å²) >= 11 is 0. The van der Waals surface area contributed by atoms with Crippen LogP contribution in [0.25, 0.3) is 0 Å². The van der Waals surface area contributed by atoms with Crippen LogP contribution < -0.4 is 4.18 Å². The first-order valence-electron chi connectivity index (χ1n) is 4.89. The van der Waals surface area contributed by atoms with Crippen LogP contribution in [0.4, 0.5) is 3.89 Å². The van der Waals surface area contributed by atoms with Crippen molar-refractivity contribution in [3.8, 4) is 5.75 Å². The van der Waals surface area contributed by atoms with Crippen molar-refractivity contribution in [3.05, 3.63) is 29.3 Å². The second-order valence-electron chi connectivity index (χ2n) is 3.86. The Morgan fingerprint density at radius 3 is 2.88 bits per heavy atom. The van der Waals surface area contributed by atoms with E-state index in [-0.39, 0.29) is 5.75 Å². The lowest BCUT2D eigenvalue weighted by Gasteiger charge is -2.25. The predicted molar refractivity (Wildman–Crippen MR) is 57.1 cm³/mol. The monoisotopic (exact) mass is 245 g/mol. The van der Waals surface area contributed by atoms with Gasteiger partial charge in [0.05, 0.1) is 0 Å². The zero-order chi connectivity index (χ0) is 11.8.